The summed E-state index contributed by atoms with van der Waals surface area (Å²) in [6.07, 6.45) is 2.85. The van der Waals surface area contributed by atoms with Gasteiger partial charge in [-0.2, -0.15) is 0 Å². The first-order valence-electron chi connectivity index (χ1n) is 6.36. The van der Waals surface area contributed by atoms with Crippen LogP contribution in [0.1, 0.15) is 25.7 Å². The van der Waals surface area contributed by atoms with E-state index >= 15 is 0 Å². The SMILES string of the molecule is NNOC(=O)CCN1CCC2NC(=O)CCC2C1. The number of nitrogens with two attached hydrogens (primary N) is 1. The minimum absolute atomic E-state index is 0.169. The normalized spacial score (nSPS) is 28.4. The van der Waals surface area contributed by atoms with Gasteiger partial charge in [0.25, 0.3) is 0 Å². The minimum Gasteiger partial charge on any atom is -0.356 e. The van der Waals surface area contributed by atoms with Gasteiger partial charge in [0.15, 0.2) is 0 Å². The molecule has 2 rings (SSSR count). The second-order valence-corrected chi connectivity index (χ2v) is 4.90. The highest BCUT2D eigenvalue weighted by atomic mass is 16.7. The Morgan fingerprint density at radius 1 is 1.56 bits per heavy atom. The molecule has 4 N–H and O–H groups in total. The molecule has 2 aliphatic heterocycles. The van der Waals surface area contributed by atoms with Gasteiger partial charge in [0.05, 0.1) is 6.42 Å². The van der Waals surface area contributed by atoms with Crippen LogP contribution in [-0.2, 0) is 14.4 Å². The molecular weight excluding hydrogens is 236 g/mol. The van der Waals surface area contributed by atoms with E-state index in [4.69, 9.17) is 5.84 Å². The third-order valence-corrected chi connectivity index (χ3v) is 3.71. The Morgan fingerprint density at radius 2 is 2.39 bits per heavy atom. The highest BCUT2D eigenvalue weighted by Gasteiger charge is 2.33. The number of carbonyl (C=O) groups is 2. The standard InChI is InChI=1S/C11H20N4O3/c12-14-18-11(17)4-6-15-5-3-9-8(7-15)1-2-10(16)13-9/h8-9,14H,1-7,12H2,(H,13,16). The molecule has 102 valence electrons. The van der Waals surface area contributed by atoms with Crippen LogP contribution in [0.5, 0.6) is 0 Å². The van der Waals surface area contributed by atoms with E-state index in [9.17, 15) is 9.59 Å². The van der Waals surface area contributed by atoms with Crippen molar-refractivity contribution in [3.05, 3.63) is 0 Å². The van der Waals surface area contributed by atoms with E-state index in [2.05, 4.69) is 15.1 Å². The van der Waals surface area contributed by atoms with E-state index < -0.39 is 0 Å². The number of piperidine rings is 2. The fraction of sp³-hybridized carbons (Fsp3) is 0.818. The summed E-state index contributed by atoms with van der Waals surface area (Å²) in [6.45, 7) is 2.52. The molecule has 0 saturated carbocycles. The van der Waals surface area contributed by atoms with Crippen LogP contribution in [0.2, 0.25) is 0 Å². The predicted octanol–water partition coefficient (Wildman–Crippen LogP) is -1.10. The van der Waals surface area contributed by atoms with Gasteiger partial charge in [0, 0.05) is 32.1 Å². The van der Waals surface area contributed by atoms with Gasteiger partial charge in [0.2, 0.25) is 5.91 Å². The fourth-order valence-electron chi connectivity index (χ4n) is 2.75. The summed E-state index contributed by atoms with van der Waals surface area (Å²) in [7, 11) is 0. The highest BCUT2D eigenvalue weighted by Crippen LogP contribution is 2.25. The van der Waals surface area contributed by atoms with Gasteiger partial charge >= 0.3 is 5.97 Å². The smallest absolute Gasteiger partial charge is 0.327 e. The number of nitrogens with zero attached hydrogens (tertiary/aromatic N) is 1. The van der Waals surface area contributed by atoms with Crippen molar-refractivity contribution in [2.45, 2.75) is 31.7 Å². The zero-order valence-electron chi connectivity index (χ0n) is 10.4. The van der Waals surface area contributed by atoms with Crippen LogP contribution >= 0.6 is 0 Å². The van der Waals surface area contributed by atoms with Crippen molar-refractivity contribution < 1.29 is 14.4 Å². The van der Waals surface area contributed by atoms with Gasteiger partial charge in [-0.1, -0.05) is 5.59 Å². The van der Waals surface area contributed by atoms with Crippen LogP contribution in [0.4, 0.5) is 0 Å². The Kier molecular flexibility index (Phi) is 4.51. The van der Waals surface area contributed by atoms with E-state index in [1.807, 2.05) is 5.59 Å². The first kappa shape index (κ1) is 13.3. The Bertz CT molecular complexity index is 323. The van der Waals surface area contributed by atoms with Crippen molar-refractivity contribution in [2.75, 3.05) is 19.6 Å². The topological polar surface area (TPSA) is 96.7 Å². The Morgan fingerprint density at radius 3 is 3.17 bits per heavy atom. The largest absolute Gasteiger partial charge is 0.356 e. The average molecular weight is 256 g/mol. The molecule has 7 nitrogen and oxygen atoms in total. The number of hydrogen-bond donors (Lipinski definition) is 3. The Hall–Kier alpha value is -1.18. The molecule has 2 atom stereocenters. The molecule has 2 unspecified atom stereocenters. The number of likely N-dealkylation sites (tertiary alicyclic amines) is 1. The van der Waals surface area contributed by atoms with Crippen LogP contribution in [0.3, 0.4) is 0 Å². The van der Waals surface area contributed by atoms with Crippen LogP contribution in [-0.4, -0.2) is 42.5 Å². The summed E-state index contributed by atoms with van der Waals surface area (Å²) in [5.41, 5.74) is 1.89. The maximum atomic E-state index is 11.3. The lowest BCUT2D eigenvalue weighted by atomic mass is 9.85. The number of hydrogen-bond acceptors (Lipinski definition) is 6. The molecule has 2 saturated heterocycles. The van der Waals surface area contributed by atoms with Gasteiger partial charge in [-0.05, 0) is 18.8 Å². The summed E-state index contributed by atoms with van der Waals surface area (Å²) in [4.78, 5) is 29.2. The number of rotatable bonds is 4. The molecule has 7 heteroatoms. The minimum atomic E-state index is -0.350. The molecule has 2 aliphatic rings. The van der Waals surface area contributed by atoms with E-state index in [0.717, 1.165) is 25.9 Å². The molecule has 0 aromatic carbocycles. The number of fused-ring (bicyclic) bond motifs is 1. The van der Waals surface area contributed by atoms with Crippen molar-refractivity contribution in [1.29, 1.82) is 0 Å². The summed E-state index contributed by atoms with van der Waals surface area (Å²) in [5, 5.41) is 3.04. The number of amides is 1. The van der Waals surface area contributed by atoms with E-state index in [1.165, 1.54) is 0 Å². The van der Waals surface area contributed by atoms with Gasteiger partial charge in [-0.3, -0.25) is 9.59 Å². The molecule has 0 radical (unpaired) electrons. The third kappa shape index (κ3) is 3.41. The van der Waals surface area contributed by atoms with E-state index in [1.54, 1.807) is 0 Å². The number of nitrogens with one attached hydrogen (secondary N) is 2. The van der Waals surface area contributed by atoms with E-state index in [0.29, 0.717) is 31.3 Å². The quantitative estimate of drug-likeness (QED) is 0.436. The predicted molar refractivity (Wildman–Crippen MR) is 63.7 cm³/mol. The van der Waals surface area contributed by atoms with Gasteiger partial charge in [-0.25, -0.2) is 5.84 Å². The maximum Gasteiger partial charge on any atom is 0.327 e. The van der Waals surface area contributed by atoms with Crippen LogP contribution in [0.15, 0.2) is 0 Å². The van der Waals surface area contributed by atoms with Gasteiger partial charge < -0.3 is 15.1 Å². The molecule has 0 aromatic heterocycles. The first-order valence-corrected chi connectivity index (χ1v) is 6.36. The van der Waals surface area contributed by atoms with Crippen molar-refractivity contribution in [2.24, 2.45) is 11.8 Å². The summed E-state index contributed by atoms with van der Waals surface area (Å²) in [6, 6.07) is 0.320. The van der Waals surface area contributed by atoms with E-state index in [-0.39, 0.29) is 11.9 Å². The number of hydrazine groups is 1. The molecule has 0 aromatic rings. The second kappa shape index (κ2) is 6.12. The Balaban J connectivity index is 1.74. The highest BCUT2D eigenvalue weighted by molar-refractivity contribution is 5.77. The van der Waals surface area contributed by atoms with Crippen molar-refractivity contribution in [1.82, 2.24) is 15.8 Å². The summed E-state index contributed by atoms with van der Waals surface area (Å²) in [5.74, 6) is 5.22. The Labute approximate surface area is 106 Å². The molecule has 0 spiro atoms. The van der Waals surface area contributed by atoms with Crippen molar-refractivity contribution in [3.63, 3.8) is 0 Å². The lowest BCUT2D eigenvalue weighted by Gasteiger charge is -2.41. The lowest BCUT2D eigenvalue weighted by Crippen LogP contribution is -2.54. The molecule has 0 bridgehead atoms. The van der Waals surface area contributed by atoms with Crippen molar-refractivity contribution in [3.8, 4) is 0 Å². The zero-order valence-corrected chi connectivity index (χ0v) is 10.4. The van der Waals surface area contributed by atoms with Gasteiger partial charge in [-0.15, -0.1) is 0 Å². The molecule has 1 amide bonds. The maximum absolute atomic E-state index is 11.3. The van der Waals surface area contributed by atoms with Crippen LogP contribution < -0.4 is 16.7 Å². The zero-order chi connectivity index (χ0) is 13.0. The van der Waals surface area contributed by atoms with Crippen LogP contribution in [0.25, 0.3) is 0 Å². The summed E-state index contributed by atoms with van der Waals surface area (Å²) < 4.78 is 0. The van der Waals surface area contributed by atoms with Crippen molar-refractivity contribution >= 4 is 11.9 Å². The molecule has 2 heterocycles. The van der Waals surface area contributed by atoms with Gasteiger partial charge in [0.1, 0.15) is 0 Å². The molecule has 18 heavy (non-hydrogen) atoms. The monoisotopic (exact) mass is 256 g/mol. The fourth-order valence-corrected chi connectivity index (χ4v) is 2.75. The molecular formula is C11H20N4O3. The molecule has 2 fully saturated rings. The average Bonchev–Trinajstić information content (AvgIpc) is 2.36. The second-order valence-electron chi connectivity index (χ2n) is 4.90. The lowest BCUT2D eigenvalue weighted by molar-refractivity contribution is -0.151. The third-order valence-electron chi connectivity index (χ3n) is 3.71. The summed E-state index contributed by atoms with van der Waals surface area (Å²) >= 11 is 0. The van der Waals surface area contributed by atoms with Crippen LogP contribution in [0, 0.1) is 5.92 Å². The molecule has 0 aliphatic carbocycles. The number of carbonyl (C=O) groups excluding carboxylic acids is 2. The first-order chi connectivity index (χ1) is 8.69.